The highest BCUT2D eigenvalue weighted by atomic mass is 32.1. The molecule has 1 aliphatic rings. The molecule has 0 aliphatic carbocycles. The summed E-state index contributed by atoms with van der Waals surface area (Å²) >= 11 is 1.37. The molecule has 0 spiro atoms. The van der Waals surface area contributed by atoms with Gasteiger partial charge in [0.2, 0.25) is 0 Å². The monoisotopic (exact) mass is 444 g/mol. The number of hydrogen-bond acceptors (Lipinski definition) is 6. The van der Waals surface area contributed by atoms with Gasteiger partial charge in [-0.15, -0.1) is 0 Å². The molecular weight excluding hydrogens is 424 g/mol. The predicted molar refractivity (Wildman–Crippen MR) is 124 cm³/mol. The van der Waals surface area contributed by atoms with Gasteiger partial charge in [-0.1, -0.05) is 59.9 Å². The first-order chi connectivity index (χ1) is 15.7. The molecule has 1 aromatic heterocycles. The largest absolute Gasteiger partial charge is 0.514 e. The van der Waals surface area contributed by atoms with E-state index in [0.717, 1.165) is 38.6 Å². The van der Waals surface area contributed by atoms with Crippen LogP contribution >= 0.6 is 11.3 Å². The quantitative estimate of drug-likeness (QED) is 0.266. The van der Waals surface area contributed by atoms with Crippen molar-refractivity contribution in [2.45, 2.75) is 13.5 Å². The van der Waals surface area contributed by atoms with E-state index in [4.69, 9.17) is 18.9 Å². The van der Waals surface area contributed by atoms with Gasteiger partial charge in [0, 0.05) is 27.6 Å². The fraction of sp³-hybridized carbons (Fsp3) is 0.115. The number of hydrogen-bond donors (Lipinski definition) is 0. The van der Waals surface area contributed by atoms with Gasteiger partial charge in [-0.3, -0.25) is 0 Å². The van der Waals surface area contributed by atoms with Crippen molar-refractivity contribution in [1.29, 1.82) is 0 Å². The van der Waals surface area contributed by atoms with E-state index in [1.54, 1.807) is 6.92 Å². The number of para-hydroxylation sites is 1. The molecule has 160 valence electrons. The molecule has 0 fully saturated rings. The summed E-state index contributed by atoms with van der Waals surface area (Å²) in [7, 11) is 0. The summed E-state index contributed by atoms with van der Waals surface area (Å²) in [4.78, 5) is 12.8. The van der Waals surface area contributed by atoms with Crippen molar-refractivity contribution < 1.29 is 23.7 Å². The number of ether oxygens (including phenoxy) is 4. The first kappa shape index (κ1) is 20.2. The Morgan fingerprint density at radius 3 is 2.50 bits per heavy atom. The Kier molecular flexibility index (Phi) is 5.52. The summed E-state index contributed by atoms with van der Waals surface area (Å²) in [5.74, 6) is 2.19. The summed E-state index contributed by atoms with van der Waals surface area (Å²) in [5.41, 5.74) is 3.84. The Morgan fingerprint density at radius 1 is 0.875 bits per heavy atom. The van der Waals surface area contributed by atoms with E-state index >= 15 is 0 Å². The topological polar surface area (TPSA) is 54.0 Å². The highest BCUT2D eigenvalue weighted by Crippen LogP contribution is 2.52. The summed E-state index contributed by atoms with van der Waals surface area (Å²) in [6, 6.07) is 25.5. The summed E-state index contributed by atoms with van der Waals surface area (Å²) < 4.78 is 22.6. The second-order valence-electron chi connectivity index (χ2n) is 7.12. The number of carbonyl (C=O) groups is 1. The van der Waals surface area contributed by atoms with Crippen molar-refractivity contribution in [3.8, 4) is 43.9 Å². The zero-order valence-corrected chi connectivity index (χ0v) is 18.2. The molecule has 32 heavy (non-hydrogen) atoms. The number of benzene rings is 3. The van der Waals surface area contributed by atoms with Crippen molar-refractivity contribution in [2.75, 3.05) is 6.61 Å². The van der Waals surface area contributed by atoms with E-state index in [1.165, 1.54) is 11.3 Å². The van der Waals surface area contributed by atoms with E-state index in [2.05, 4.69) is 0 Å². The summed E-state index contributed by atoms with van der Waals surface area (Å²) in [5, 5.41) is 0.465. The fourth-order valence-corrected chi connectivity index (χ4v) is 4.59. The highest BCUT2D eigenvalue weighted by molar-refractivity contribution is 7.18. The normalized spacial score (nSPS) is 11.3. The van der Waals surface area contributed by atoms with Crippen molar-refractivity contribution in [3.63, 3.8) is 0 Å². The van der Waals surface area contributed by atoms with Crippen LogP contribution in [0.3, 0.4) is 0 Å². The van der Waals surface area contributed by atoms with E-state index in [1.807, 2.05) is 78.9 Å². The Bertz CT molecular complexity index is 1260. The van der Waals surface area contributed by atoms with Crippen molar-refractivity contribution >= 4 is 17.5 Å². The van der Waals surface area contributed by atoms with Gasteiger partial charge in [0.15, 0.2) is 5.06 Å². The SMILES string of the molecule is CCOC(=O)Oc1cc2c(s1)-c1cc(OCc3ccccc3)ccc1Oc1ccccc1-2. The fourth-order valence-electron chi connectivity index (χ4n) is 3.55. The van der Waals surface area contributed by atoms with Gasteiger partial charge in [-0.05, 0) is 36.8 Å². The number of thiophene rings is 1. The van der Waals surface area contributed by atoms with Gasteiger partial charge in [0.25, 0.3) is 0 Å². The van der Waals surface area contributed by atoms with Crippen molar-refractivity contribution in [3.05, 3.63) is 84.4 Å². The van der Waals surface area contributed by atoms with Crippen molar-refractivity contribution in [1.82, 2.24) is 0 Å². The lowest BCUT2D eigenvalue weighted by Crippen LogP contribution is -2.08. The van der Waals surface area contributed by atoms with Gasteiger partial charge in [-0.25, -0.2) is 4.79 Å². The zero-order chi connectivity index (χ0) is 21.9. The molecule has 0 bridgehead atoms. The van der Waals surface area contributed by atoms with Crippen LogP contribution in [0.1, 0.15) is 12.5 Å². The predicted octanol–water partition coefficient (Wildman–Crippen LogP) is 7.30. The van der Waals surface area contributed by atoms with Crippen LogP contribution in [0, 0.1) is 0 Å². The third-order valence-corrected chi connectivity index (χ3v) is 6.04. The number of fused-ring (bicyclic) bond motifs is 5. The Hall–Kier alpha value is -3.77. The Labute approximate surface area is 189 Å². The van der Waals surface area contributed by atoms with Crippen LogP contribution in [-0.4, -0.2) is 12.8 Å². The van der Waals surface area contributed by atoms with Crippen LogP contribution in [-0.2, 0) is 11.3 Å². The van der Waals surface area contributed by atoms with E-state index in [-0.39, 0.29) is 6.61 Å². The zero-order valence-electron chi connectivity index (χ0n) is 17.4. The van der Waals surface area contributed by atoms with Gasteiger partial charge < -0.3 is 18.9 Å². The molecule has 4 aromatic rings. The van der Waals surface area contributed by atoms with Crippen LogP contribution in [0.25, 0.3) is 21.6 Å². The molecule has 0 saturated heterocycles. The maximum atomic E-state index is 11.9. The average molecular weight is 445 g/mol. The molecule has 6 heteroatoms. The molecule has 0 saturated carbocycles. The third-order valence-electron chi connectivity index (χ3n) is 5.00. The average Bonchev–Trinajstić information content (AvgIpc) is 3.17. The molecule has 0 N–H and O–H groups in total. The minimum atomic E-state index is -0.714. The molecule has 0 radical (unpaired) electrons. The van der Waals surface area contributed by atoms with Gasteiger partial charge in [0.05, 0.1) is 6.61 Å². The lowest BCUT2D eigenvalue weighted by atomic mass is 10.0. The van der Waals surface area contributed by atoms with Crippen LogP contribution in [0.4, 0.5) is 4.79 Å². The summed E-state index contributed by atoms with van der Waals surface area (Å²) in [6.45, 7) is 2.46. The van der Waals surface area contributed by atoms with Crippen LogP contribution in [0.5, 0.6) is 22.3 Å². The molecule has 0 unspecified atom stereocenters. The molecule has 5 rings (SSSR count). The second-order valence-corrected chi connectivity index (χ2v) is 8.14. The minimum absolute atomic E-state index is 0.255. The Morgan fingerprint density at radius 2 is 1.66 bits per heavy atom. The van der Waals surface area contributed by atoms with E-state index < -0.39 is 6.16 Å². The van der Waals surface area contributed by atoms with Crippen LogP contribution in [0.2, 0.25) is 0 Å². The van der Waals surface area contributed by atoms with E-state index in [9.17, 15) is 4.79 Å². The smallest absolute Gasteiger partial charge is 0.489 e. The Balaban J connectivity index is 1.53. The van der Waals surface area contributed by atoms with Gasteiger partial charge in [-0.2, -0.15) is 0 Å². The summed E-state index contributed by atoms with van der Waals surface area (Å²) in [6.07, 6.45) is -0.714. The molecule has 0 amide bonds. The lowest BCUT2D eigenvalue weighted by molar-refractivity contribution is 0.105. The molecule has 3 aromatic carbocycles. The number of carbonyl (C=O) groups excluding carboxylic acids is 1. The molecule has 2 heterocycles. The first-order valence-corrected chi connectivity index (χ1v) is 11.1. The molecule has 5 nitrogen and oxygen atoms in total. The first-order valence-electron chi connectivity index (χ1n) is 10.3. The van der Waals surface area contributed by atoms with Crippen molar-refractivity contribution in [2.24, 2.45) is 0 Å². The van der Waals surface area contributed by atoms with Gasteiger partial charge in [0.1, 0.15) is 23.9 Å². The standard InChI is InChI=1S/C26H20O5S/c1-2-28-26(27)31-24-15-20-19-10-6-7-11-22(19)30-23-13-12-18(14-21(23)25(20)32-24)29-16-17-8-4-3-5-9-17/h3-15H,2,16H2,1H3. The van der Waals surface area contributed by atoms with E-state index in [0.29, 0.717) is 17.4 Å². The lowest BCUT2D eigenvalue weighted by Gasteiger charge is -2.12. The third kappa shape index (κ3) is 4.05. The van der Waals surface area contributed by atoms with Crippen LogP contribution in [0.15, 0.2) is 78.9 Å². The maximum absolute atomic E-state index is 11.9. The molecular formula is C26H20O5S. The second kappa shape index (κ2) is 8.77. The molecule has 0 atom stereocenters. The van der Waals surface area contributed by atoms with Gasteiger partial charge >= 0.3 is 6.16 Å². The highest BCUT2D eigenvalue weighted by Gasteiger charge is 2.25. The van der Waals surface area contributed by atoms with Crippen LogP contribution < -0.4 is 14.2 Å². The minimum Gasteiger partial charge on any atom is -0.489 e. The molecule has 1 aliphatic heterocycles. The maximum Gasteiger partial charge on any atom is 0.514 e. The number of rotatable bonds is 5.